The van der Waals surface area contributed by atoms with Crippen LogP contribution in [0.4, 0.5) is 5.69 Å². The van der Waals surface area contributed by atoms with Crippen molar-refractivity contribution in [3.63, 3.8) is 0 Å². The smallest absolute Gasteiger partial charge is 0.306 e. The summed E-state index contributed by atoms with van der Waals surface area (Å²) in [6.45, 7) is 3.67. The molecule has 24 heavy (non-hydrogen) atoms. The van der Waals surface area contributed by atoms with Gasteiger partial charge >= 0.3 is 5.97 Å². The van der Waals surface area contributed by atoms with Gasteiger partial charge in [-0.25, -0.2) is 0 Å². The summed E-state index contributed by atoms with van der Waals surface area (Å²) in [5.74, 6) is -0.651. The molecule has 2 rings (SSSR count). The Balaban J connectivity index is 1.72. The number of benzene rings is 1. The van der Waals surface area contributed by atoms with Crippen molar-refractivity contribution in [1.82, 2.24) is 0 Å². The summed E-state index contributed by atoms with van der Waals surface area (Å²) in [6.07, 6.45) is 2.06. The van der Waals surface area contributed by atoms with Gasteiger partial charge in [0.15, 0.2) is 6.10 Å². The number of aryl methyl sites for hydroxylation is 2. The quantitative estimate of drug-likeness (QED) is 0.729. The largest absolute Gasteiger partial charge is 0.453 e. The van der Waals surface area contributed by atoms with E-state index in [1.54, 1.807) is 18.3 Å². The van der Waals surface area contributed by atoms with E-state index in [0.29, 0.717) is 12.1 Å². The van der Waals surface area contributed by atoms with Crippen molar-refractivity contribution in [1.29, 1.82) is 0 Å². The molecule has 0 saturated carbocycles. The molecule has 1 atom stereocenters. The topological polar surface area (TPSA) is 55.4 Å². The first-order chi connectivity index (χ1) is 11.6. The molecule has 128 valence electrons. The molecule has 1 aromatic carbocycles. The monoisotopic (exact) mass is 345 g/mol. The zero-order chi connectivity index (χ0) is 17.4. The third kappa shape index (κ3) is 5.81. The maximum atomic E-state index is 12.1. The van der Waals surface area contributed by atoms with E-state index in [1.807, 2.05) is 35.7 Å². The highest BCUT2D eigenvalue weighted by Crippen LogP contribution is 2.13. The maximum Gasteiger partial charge on any atom is 0.306 e. The Hall–Kier alpha value is -2.14. The highest BCUT2D eigenvalue weighted by molar-refractivity contribution is 7.09. The van der Waals surface area contributed by atoms with Crippen molar-refractivity contribution in [3.8, 4) is 0 Å². The number of esters is 1. The minimum absolute atomic E-state index is 0.314. The van der Waals surface area contributed by atoms with E-state index in [0.717, 1.165) is 19.3 Å². The van der Waals surface area contributed by atoms with Crippen LogP contribution in [0.2, 0.25) is 0 Å². The van der Waals surface area contributed by atoms with Gasteiger partial charge < -0.3 is 10.1 Å². The number of carbonyl (C=O) groups is 2. The molecular weight excluding hydrogens is 322 g/mol. The minimum Gasteiger partial charge on any atom is -0.453 e. The van der Waals surface area contributed by atoms with E-state index < -0.39 is 6.10 Å². The van der Waals surface area contributed by atoms with Gasteiger partial charge in [-0.2, -0.15) is 0 Å². The van der Waals surface area contributed by atoms with Gasteiger partial charge in [-0.3, -0.25) is 9.59 Å². The van der Waals surface area contributed by atoms with Crippen molar-refractivity contribution in [2.24, 2.45) is 0 Å². The fourth-order valence-electron chi connectivity index (χ4n) is 2.24. The van der Waals surface area contributed by atoms with Gasteiger partial charge in [0.25, 0.3) is 5.91 Å². The van der Waals surface area contributed by atoms with Gasteiger partial charge in [0, 0.05) is 17.0 Å². The van der Waals surface area contributed by atoms with Gasteiger partial charge in [0.1, 0.15) is 0 Å². The number of carbonyl (C=O) groups excluding carboxylic acids is 2. The third-order valence-corrected chi connectivity index (χ3v) is 4.63. The molecule has 1 amide bonds. The Morgan fingerprint density at radius 1 is 1.21 bits per heavy atom. The fourth-order valence-corrected chi connectivity index (χ4v) is 2.99. The molecule has 0 aliphatic rings. The number of anilines is 1. The van der Waals surface area contributed by atoms with Crippen LogP contribution in [-0.2, 0) is 27.2 Å². The molecule has 0 radical (unpaired) electrons. The Labute approximate surface area is 146 Å². The Morgan fingerprint density at radius 3 is 2.58 bits per heavy atom. The molecule has 1 N–H and O–H groups in total. The van der Waals surface area contributed by atoms with E-state index in [-0.39, 0.29) is 11.9 Å². The van der Waals surface area contributed by atoms with E-state index in [1.165, 1.54) is 10.4 Å². The molecule has 0 aliphatic heterocycles. The Morgan fingerprint density at radius 2 is 1.96 bits per heavy atom. The second-order valence-electron chi connectivity index (χ2n) is 5.60. The van der Waals surface area contributed by atoms with E-state index in [2.05, 4.69) is 18.3 Å². The van der Waals surface area contributed by atoms with Crippen molar-refractivity contribution < 1.29 is 14.3 Å². The number of amides is 1. The van der Waals surface area contributed by atoms with Crippen LogP contribution in [0.15, 0.2) is 41.8 Å². The van der Waals surface area contributed by atoms with E-state index in [4.69, 9.17) is 4.74 Å². The lowest BCUT2D eigenvalue weighted by atomic mass is 10.1. The summed E-state index contributed by atoms with van der Waals surface area (Å²) in [6, 6.07) is 11.7. The molecule has 1 aromatic heterocycles. The van der Waals surface area contributed by atoms with Gasteiger partial charge in [-0.05, 0) is 55.3 Å². The van der Waals surface area contributed by atoms with Crippen molar-refractivity contribution >= 4 is 28.9 Å². The lowest BCUT2D eigenvalue weighted by Crippen LogP contribution is -2.29. The fraction of sp³-hybridized carbons (Fsp3) is 0.368. The number of ether oxygens (including phenoxy) is 1. The molecule has 0 spiro atoms. The molecule has 0 fully saturated rings. The van der Waals surface area contributed by atoms with Gasteiger partial charge in [-0.1, -0.05) is 25.1 Å². The van der Waals surface area contributed by atoms with Gasteiger partial charge in [0.2, 0.25) is 0 Å². The summed E-state index contributed by atoms with van der Waals surface area (Å²) in [5, 5.41) is 4.78. The summed E-state index contributed by atoms with van der Waals surface area (Å²) in [5.41, 5.74) is 1.91. The van der Waals surface area contributed by atoms with Crippen molar-refractivity contribution in [2.75, 3.05) is 5.32 Å². The lowest BCUT2D eigenvalue weighted by Gasteiger charge is -2.13. The maximum absolute atomic E-state index is 12.1. The number of hydrogen-bond acceptors (Lipinski definition) is 4. The van der Waals surface area contributed by atoms with Crippen LogP contribution in [0, 0.1) is 0 Å². The minimum atomic E-state index is -0.801. The predicted molar refractivity (Wildman–Crippen MR) is 97.3 cm³/mol. The van der Waals surface area contributed by atoms with Crippen molar-refractivity contribution in [3.05, 3.63) is 52.2 Å². The average molecular weight is 345 g/mol. The van der Waals surface area contributed by atoms with Crippen LogP contribution in [0.3, 0.4) is 0 Å². The predicted octanol–water partition coefficient (Wildman–Crippen LogP) is 4.20. The van der Waals surface area contributed by atoms with Gasteiger partial charge in [-0.15, -0.1) is 11.3 Å². The second kappa shape index (κ2) is 9.23. The normalized spacial score (nSPS) is 11.8. The van der Waals surface area contributed by atoms with Crippen LogP contribution in [-0.4, -0.2) is 18.0 Å². The van der Waals surface area contributed by atoms with E-state index >= 15 is 0 Å². The van der Waals surface area contributed by atoms with Crippen LogP contribution in [0.5, 0.6) is 0 Å². The Kier molecular flexibility index (Phi) is 7.00. The highest BCUT2D eigenvalue weighted by atomic mass is 32.1. The highest BCUT2D eigenvalue weighted by Gasteiger charge is 2.17. The van der Waals surface area contributed by atoms with Crippen molar-refractivity contribution in [2.45, 2.75) is 45.6 Å². The molecular formula is C19H23NO3S. The van der Waals surface area contributed by atoms with Crippen LogP contribution in [0.1, 0.15) is 37.1 Å². The van der Waals surface area contributed by atoms with Crippen LogP contribution < -0.4 is 5.32 Å². The zero-order valence-electron chi connectivity index (χ0n) is 14.1. The summed E-state index contributed by atoms with van der Waals surface area (Å²) < 4.78 is 5.20. The molecule has 4 nitrogen and oxygen atoms in total. The molecule has 0 saturated heterocycles. The lowest BCUT2D eigenvalue weighted by molar-refractivity contribution is -0.153. The standard InChI is InChI=1S/C19H23NO3S/c1-3-15-9-11-16(12-10-15)20-19(22)14(2)23-18(21)8-4-6-17-7-5-13-24-17/h5,7,9-14H,3-4,6,8H2,1-2H3,(H,20,22)/t14-/m1/s1. The van der Waals surface area contributed by atoms with E-state index in [9.17, 15) is 9.59 Å². The summed E-state index contributed by atoms with van der Waals surface area (Å²) in [7, 11) is 0. The number of rotatable bonds is 8. The number of nitrogens with one attached hydrogen (secondary N) is 1. The SMILES string of the molecule is CCc1ccc(NC(=O)[C@@H](C)OC(=O)CCCc2cccs2)cc1. The summed E-state index contributed by atoms with van der Waals surface area (Å²) >= 11 is 1.68. The third-order valence-electron chi connectivity index (χ3n) is 3.69. The molecule has 0 unspecified atom stereocenters. The zero-order valence-corrected chi connectivity index (χ0v) is 14.9. The first-order valence-electron chi connectivity index (χ1n) is 8.20. The number of thiophene rings is 1. The molecule has 1 heterocycles. The first-order valence-corrected chi connectivity index (χ1v) is 9.08. The molecule has 0 bridgehead atoms. The first kappa shape index (κ1) is 18.2. The van der Waals surface area contributed by atoms with Gasteiger partial charge in [0.05, 0.1) is 0 Å². The molecule has 2 aromatic rings. The van der Waals surface area contributed by atoms with Crippen LogP contribution >= 0.6 is 11.3 Å². The van der Waals surface area contributed by atoms with Crippen LogP contribution in [0.25, 0.3) is 0 Å². The summed E-state index contributed by atoms with van der Waals surface area (Å²) in [4.78, 5) is 25.2. The molecule has 5 heteroatoms. The average Bonchev–Trinajstić information content (AvgIpc) is 3.08. The second-order valence-corrected chi connectivity index (χ2v) is 6.64. The number of hydrogen-bond donors (Lipinski definition) is 1. The Bertz CT molecular complexity index is 650. The molecule has 0 aliphatic carbocycles.